The van der Waals surface area contributed by atoms with Gasteiger partial charge in [0.1, 0.15) is 0 Å². The lowest BCUT2D eigenvalue weighted by molar-refractivity contribution is 0.0950. The largest absolute Gasteiger partial charge is 0.350 e. The van der Waals surface area contributed by atoms with Gasteiger partial charge in [0, 0.05) is 16.2 Å². The van der Waals surface area contributed by atoms with Crippen LogP contribution >= 0.6 is 34.2 Å². The van der Waals surface area contributed by atoms with E-state index in [0.717, 1.165) is 10.1 Å². The van der Waals surface area contributed by atoms with Gasteiger partial charge in [-0.3, -0.25) is 4.79 Å². The zero-order valence-corrected chi connectivity index (χ0v) is 12.8. The van der Waals surface area contributed by atoms with Crippen LogP contribution in [0, 0.1) is 3.57 Å². The third-order valence-corrected chi connectivity index (χ3v) is 3.28. The molecule has 0 aliphatic rings. The summed E-state index contributed by atoms with van der Waals surface area (Å²) in [5.41, 5.74) is 0.524. The zero-order valence-electron chi connectivity index (χ0n) is 9.89. The van der Waals surface area contributed by atoms with Crippen LogP contribution in [-0.2, 0) is 0 Å². The van der Waals surface area contributed by atoms with Gasteiger partial charge in [-0.25, -0.2) is 0 Å². The van der Waals surface area contributed by atoms with Crippen LogP contribution in [-0.4, -0.2) is 25.0 Å². The van der Waals surface area contributed by atoms with E-state index < -0.39 is 0 Å². The lowest BCUT2D eigenvalue weighted by Gasteiger charge is -2.13. The van der Waals surface area contributed by atoms with Crippen molar-refractivity contribution in [1.29, 1.82) is 0 Å². The number of halogens is 2. The van der Waals surface area contributed by atoms with E-state index in [-0.39, 0.29) is 11.9 Å². The maximum atomic E-state index is 11.9. The number of amides is 1. The molecule has 1 amide bonds. The summed E-state index contributed by atoms with van der Waals surface area (Å²) in [5, 5.41) is 6.57. The summed E-state index contributed by atoms with van der Waals surface area (Å²) in [5.74, 6) is -0.129. The number of hydrogen-bond donors (Lipinski definition) is 2. The first-order valence-corrected chi connectivity index (χ1v) is 6.97. The zero-order chi connectivity index (χ0) is 12.8. The summed E-state index contributed by atoms with van der Waals surface area (Å²) in [6, 6.07) is 5.66. The lowest BCUT2D eigenvalue weighted by Crippen LogP contribution is -2.38. The predicted molar refractivity (Wildman–Crippen MR) is 79.6 cm³/mol. The average Bonchev–Trinajstić information content (AvgIpc) is 2.26. The summed E-state index contributed by atoms with van der Waals surface area (Å²) in [4.78, 5) is 11.9. The second-order valence-corrected chi connectivity index (χ2v) is 5.45. The van der Waals surface area contributed by atoms with E-state index in [1.807, 2.05) is 19.9 Å². The highest BCUT2D eigenvalue weighted by molar-refractivity contribution is 14.1. The summed E-state index contributed by atoms with van der Waals surface area (Å²) < 4.78 is 1.02. The van der Waals surface area contributed by atoms with Crippen molar-refractivity contribution in [3.05, 3.63) is 32.4 Å². The molecule has 0 saturated carbocycles. The van der Waals surface area contributed by atoms with Crippen LogP contribution in [0.1, 0.15) is 24.2 Å². The van der Waals surface area contributed by atoms with Crippen LogP contribution in [0.3, 0.4) is 0 Å². The van der Waals surface area contributed by atoms with E-state index >= 15 is 0 Å². The second kappa shape index (κ2) is 7.18. The first kappa shape index (κ1) is 14.7. The van der Waals surface area contributed by atoms with Gasteiger partial charge in [-0.05, 0) is 54.3 Å². The Kier molecular flexibility index (Phi) is 6.22. The van der Waals surface area contributed by atoms with Gasteiger partial charge in [0.25, 0.3) is 5.91 Å². The number of rotatable bonds is 5. The van der Waals surface area contributed by atoms with E-state index in [2.05, 4.69) is 33.2 Å². The van der Waals surface area contributed by atoms with Crippen molar-refractivity contribution in [1.82, 2.24) is 10.6 Å². The minimum Gasteiger partial charge on any atom is -0.350 e. The molecule has 1 aromatic carbocycles. The normalized spacial score (nSPS) is 12.2. The third-order valence-electron chi connectivity index (χ3n) is 2.30. The molecule has 0 aromatic heterocycles. The van der Waals surface area contributed by atoms with Gasteiger partial charge in [-0.1, -0.05) is 18.5 Å². The average molecular weight is 367 g/mol. The predicted octanol–water partition coefficient (Wildman–Crippen LogP) is 2.67. The van der Waals surface area contributed by atoms with E-state index in [4.69, 9.17) is 11.6 Å². The van der Waals surface area contributed by atoms with Crippen molar-refractivity contribution in [3.63, 3.8) is 0 Å². The minimum absolute atomic E-state index is 0.129. The van der Waals surface area contributed by atoms with Crippen molar-refractivity contribution < 1.29 is 4.79 Å². The van der Waals surface area contributed by atoms with Gasteiger partial charge in [-0.15, -0.1) is 0 Å². The van der Waals surface area contributed by atoms with Crippen molar-refractivity contribution in [2.24, 2.45) is 0 Å². The second-order valence-electron chi connectivity index (χ2n) is 3.79. The number of nitrogens with one attached hydrogen (secondary N) is 2. The Bertz CT molecular complexity index is 398. The lowest BCUT2D eigenvalue weighted by atomic mass is 10.2. The quantitative estimate of drug-likeness (QED) is 0.787. The molecule has 0 fully saturated rings. The standard InChI is InChI=1S/C12H16ClIN2O/c1-3-15-8(2)7-16-12(17)10-5-4-9(14)6-11(10)13/h4-6,8,15H,3,7H2,1-2H3,(H,16,17)/t8-/m1/s1. The topological polar surface area (TPSA) is 41.1 Å². The maximum Gasteiger partial charge on any atom is 0.252 e. The van der Waals surface area contributed by atoms with Gasteiger partial charge in [0.05, 0.1) is 10.6 Å². The smallest absolute Gasteiger partial charge is 0.252 e. The molecule has 0 heterocycles. The molecule has 1 rings (SSSR count). The molecule has 0 unspecified atom stereocenters. The molecule has 1 aromatic rings. The minimum atomic E-state index is -0.129. The van der Waals surface area contributed by atoms with Crippen LogP contribution < -0.4 is 10.6 Å². The van der Waals surface area contributed by atoms with Crippen LogP contribution in [0.5, 0.6) is 0 Å². The fraction of sp³-hybridized carbons (Fsp3) is 0.417. The Morgan fingerprint density at radius 1 is 1.53 bits per heavy atom. The van der Waals surface area contributed by atoms with Crippen molar-refractivity contribution in [2.45, 2.75) is 19.9 Å². The molecule has 94 valence electrons. The van der Waals surface area contributed by atoms with E-state index in [9.17, 15) is 4.79 Å². The fourth-order valence-electron chi connectivity index (χ4n) is 1.44. The molecule has 5 heteroatoms. The molecule has 0 radical (unpaired) electrons. The molecule has 0 saturated heterocycles. The molecule has 17 heavy (non-hydrogen) atoms. The van der Waals surface area contributed by atoms with E-state index in [1.54, 1.807) is 12.1 Å². The van der Waals surface area contributed by atoms with Gasteiger partial charge in [0.15, 0.2) is 0 Å². The molecule has 0 aliphatic heterocycles. The van der Waals surface area contributed by atoms with Crippen LogP contribution in [0.2, 0.25) is 5.02 Å². The molecular formula is C12H16ClIN2O. The Labute approximate surface area is 120 Å². The number of carbonyl (C=O) groups excluding carboxylic acids is 1. The SMILES string of the molecule is CCN[C@H](C)CNC(=O)c1ccc(I)cc1Cl. The highest BCUT2D eigenvalue weighted by Crippen LogP contribution is 2.18. The maximum absolute atomic E-state index is 11.9. The van der Waals surface area contributed by atoms with Gasteiger partial charge in [0.2, 0.25) is 0 Å². The highest BCUT2D eigenvalue weighted by Gasteiger charge is 2.11. The fourth-order valence-corrected chi connectivity index (χ4v) is 2.38. The molecule has 0 bridgehead atoms. The number of carbonyl (C=O) groups is 1. The van der Waals surface area contributed by atoms with Gasteiger partial charge < -0.3 is 10.6 Å². The summed E-state index contributed by atoms with van der Waals surface area (Å²) in [7, 11) is 0. The molecular weight excluding hydrogens is 351 g/mol. The van der Waals surface area contributed by atoms with Crippen LogP contribution in [0.4, 0.5) is 0 Å². The van der Waals surface area contributed by atoms with Crippen LogP contribution in [0.25, 0.3) is 0 Å². The molecule has 2 N–H and O–H groups in total. The molecule has 3 nitrogen and oxygen atoms in total. The summed E-state index contributed by atoms with van der Waals surface area (Å²) in [6.45, 7) is 5.55. The first-order valence-electron chi connectivity index (χ1n) is 5.51. The molecule has 0 spiro atoms. The number of hydrogen-bond acceptors (Lipinski definition) is 2. The highest BCUT2D eigenvalue weighted by atomic mass is 127. The Balaban J connectivity index is 2.58. The monoisotopic (exact) mass is 366 g/mol. The summed E-state index contributed by atoms with van der Waals surface area (Å²) >= 11 is 8.18. The van der Waals surface area contributed by atoms with Gasteiger partial charge in [-0.2, -0.15) is 0 Å². The first-order chi connectivity index (χ1) is 8.04. The van der Waals surface area contributed by atoms with Crippen LogP contribution in [0.15, 0.2) is 18.2 Å². The van der Waals surface area contributed by atoms with Crippen molar-refractivity contribution in [2.75, 3.05) is 13.1 Å². The van der Waals surface area contributed by atoms with Crippen molar-refractivity contribution >= 4 is 40.1 Å². The van der Waals surface area contributed by atoms with E-state index in [1.165, 1.54) is 0 Å². The van der Waals surface area contributed by atoms with E-state index in [0.29, 0.717) is 17.1 Å². The Morgan fingerprint density at radius 2 is 2.24 bits per heavy atom. The third kappa shape index (κ3) is 4.81. The number of benzene rings is 1. The molecule has 1 atom stereocenters. The molecule has 0 aliphatic carbocycles. The Hall–Kier alpha value is -0.330. The number of likely N-dealkylation sites (N-methyl/N-ethyl adjacent to an activating group) is 1. The summed E-state index contributed by atoms with van der Waals surface area (Å²) in [6.07, 6.45) is 0. The van der Waals surface area contributed by atoms with Crippen molar-refractivity contribution in [3.8, 4) is 0 Å². The Morgan fingerprint density at radius 3 is 2.82 bits per heavy atom. The van der Waals surface area contributed by atoms with Gasteiger partial charge >= 0.3 is 0 Å².